The number of carbonyl (C=O) groups excluding carboxylic acids is 1. The van der Waals surface area contributed by atoms with Gasteiger partial charge in [-0.3, -0.25) is 14.4 Å². The number of hydrogen-bond donors (Lipinski definition) is 1. The van der Waals surface area contributed by atoms with Gasteiger partial charge >= 0.3 is 0 Å². The molecule has 128 valence electrons. The molecule has 1 aliphatic heterocycles. The normalized spacial score (nSPS) is 19.9. The highest BCUT2D eigenvalue weighted by Crippen LogP contribution is 2.24. The van der Waals surface area contributed by atoms with Crippen molar-refractivity contribution in [2.24, 2.45) is 7.05 Å². The van der Waals surface area contributed by atoms with Crippen LogP contribution in [0.5, 0.6) is 0 Å². The van der Waals surface area contributed by atoms with Gasteiger partial charge in [0.2, 0.25) is 0 Å². The zero-order chi connectivity index (χ0) is 17.1. The molecule has 5 nitrogen and oxygen atoms in total. The number of hydrogen-bond acceptors (Lipinski definition) is 3. The molecule has 1 saturated heterocycles. The SMILES string of the molecule is Cc1cc(C(=O)NC2CCCN(C(C)c3ccccc3)C2)nn1C. The molecule has 0 radical (unpaired) electrons. The third-order valence-corrected chi connectivity index (χ3v) is 4.96. The number of amides is 1. The Bertz CT molecular complexity index is 675. The van der Waals surface area contributed by atoms with Gasteiger partial charge in [0, 0.05) is 31.4 Å². The van der Waals surface area contributed by atoms with E-state index in [2.05, 4.69) is 46.5 Å². The van der Waals surface area contributed by atoms with E-state index in [0.29, 0.717) is 11.7 Å². The maximum absolute atomic E-state index is 12.4. The lowest BCUT2D eigenvalue weighted by atomic mass is 10.0. The quantitative estimate of drug-likeness (QED) is 0.940. The predicted octanol–water partition coefficient (Wildman–Crippen LogP) is 2.68. The topological polar surface area (TPSA) is 50.2 Å². The Morgan fingerprint density at radius 1 is 1.33 bits per heavy atom. The first-order valence-electron chi connectivity index (χ1n) is 8.65. The minimum absolute atomic E-state index is 0.0714. The molecule has 2 atom stereocenters. The first-order chi connectivity index (χ1) is 11.5. The number of carbonyl (C=O) groups is 1. The van der Waals surface area contributed by atoms with E-state index < -0.39 is 0 Å². The Morgan fingerprint density at radius 2 is 2.08 bits per heavy atom. The van der Waals surface area contributed by atoms with Gasteiger partial charge < -0.3 is 5.32 Å². The smallest absolute Gasteiger partial charge is 0.272 e. The van der Waals surface area contributed by atoms with Crippen molar-refractivity contribution in [2.75, 3.05) is 13.1 Å². The fourth-order valence-electron chi connectivity index (χ4n) is 3.35. The molecule has 0 spiro atoms. The Balaban J connectivity index is 1.62. The van der Waals surface area contributed by atoms with E-state index in [1.54, 1.807) is 4.68 Å². The minimum atomic E-state index is -0.0714. The van der Waals surface area contributed by atoms with E-state index in [1.807, 2.05) is 26.1 Å². The van der Waals surface area contributed by atoms with Crippen molar-refractivity contribution in [3.63, 3.8) is 0 Å². The molecule has 3 rings (SSSR count). The molecule has 2 aromatic rings. The standard InChI is InChI=1S/C19H26N4O/c1-14-12-18(21-22(14)3)19(24)20-17-10-7-11-23(13-17)15(2)16-8-5-4-6-9-16/h4-6,8-9,12,15,17H,7,10-11,13H2,1-3H3,(H,20,24). The van der Waals surface area contributed by atoms with Crippen LogP contribution in [0.1, 0.15) is 47.6 Å². The van der Waals surface area contributed by atoms with Crippen LogP contribution < -0.4 is 5.32 Å². The van der Waals surface area contributed by atoms with Gasteiger partial charge in [0.15, 0.2) is 0 Å². The fraction of sp³-hybridized carbons (Fsp3) is 0.474. The van der Waals surface area contributed by atoms with Crippen molar-refractivity contribution in [1.82, 2.24) is 20.0 Å². The summed E-state index contributed by atoms with van der Waals surface area (Å²) in [5.74, 6) is -0.0714. The summed E-state index contributed by atoms with van der Waals surface area (Å²) in [5, 5.41) is 7.42. The summed E-state index contributed by atoms with van der Waals surface area (Å²) in [4.78, 5) is 14.9. The number of likely N-dealkylation sites (tertiary alicyclic amines) is 1. The van der Waals surface area contributed by atoms with Crippen LogP contribution >= 0.6 is 0 Å². The van der Waals surface area contributed by atoms with Gasteiger partial charge in [-0.25, -0.2) is 0 Å². The van der Waals surface area contributed by atoms with E-state index in [0.717, 1.165) is 31.6 Å². The van der Waals surface area contributed by atoms with Crippen molar-refractivity contribution < 1.29 is 4.79 Å². The van der Waals surface area contributed by atoms with E-state index in [9.17, 15) is 4.79 Å². The number of aromatic nitrogens is 2. The number of rotatable bonds is 4. The third-order valence-electron chi connectivity index (χ3n) is 4.96. The third kappa shape index (κ3) is 3.67. The summed E-state index contributed by atoms with van der Waals surface area (Å²) in [6.45, 7) is 6.15. The van der Waals surface area contributed by atoms with Gasteiger partial charge in [-0.2, -0.15) is 5.10 Å². The van der Waals surface area contributed by atoms with E-state index in [1.165, 1.54) is 5.56 Å². The summed E-state index contributed by atoms with van der Waals surface area (Å²) in [5.41, 5.74) is 2.82. The van der Waals surface area contributed by atoms with Crippen LogP contribution in [0.4, 0.5) is 0 Å². The van der Waals surface area contributed by atoms with E-state index in [4.69, 9.17) is 0 Å². The second-order valence-corrected chi connectivity index (χ2v) is 6.69. The molecule has 24 heavy (non-hydrogen) atoms. The van der Waals surface area contributed by atoms with E-state index in [-0.39, 0.29) is 11.9 Å². The first kappa shape index (κ1) is 16.7. The summed E-state index contributed by atoms with van der Waals surface area (Å²) in [6, 6.07) is 12.9. The molecule has 1 aliphatic rings. The zero-order valence-corrected chi connectivity index (χ0v) is 14.7. The summed E-state index contributed by atoms with van der Waals surface area (Å²) in [6.07, 6.45) is 2.12. The number of nitrogens with one attached hydrogen (secondary N) is 1. The molecule has 0 bridgehead atoms. The lowest BCUT2D eigenvalue weighted by Gasteiger charge is -2.37. The van der Waals surface area contributed by atoms with Crippen molar-refractivity contribution >= 4 is 5.91 Å². The highest BCUT2D eigenvalue weighted by Gasteiger charge is 2.26. The van der Waals surface area contributed by atoms with Gasteiger partial charge in [-0.05, 0) is 44.9 Å². The molecule has 0 aliphatic carbocycles. The van der Waals surface area contributed by atoms with Crippen LogP contribution in [-0.4, -0.2) is 39.7 Å². The van der Waals surface area contributed by atoms with Gasteiger partial charge in [-0.1, -0.05) is 30.3 Å². The van der Waals surface area contributed by atoms with Crippen LogP contribution in [0, 0.1) is 6.92 Å². The molecule has 1 fully saturated rings. The fourth-order valence-corrected chi connectivity index (χ4v) is 3.35. The average molecular weight is 326 g/mol. The molecule has 1 amide bonds. The second kappa shape index (κ2) is 7.18. The lowest BCUT2D eigenvalue weighted by Crippen LogP contribution is -2.48. The maximum Gasteiger partial charge on any atom is 0.272 e. The van der Waals surface area contributed by atoms with Crippen LogP contribution in [0.3, 0.4) is 0 Å². The van der Waals surface area contributed by atoms with Gasteiger partial charge in [0.25, 0.3) is 5.91 Å². The average Bonchev–Trinajstić information content (AvgIpc) is 2.94. The molecule has 5 heteroatoms. The molecule has 1 aromatic heterocycles. The van der Waals surface area contributed by atoms with Gasteiger partial charge in [-0.15, -0.1) is 0 Å². The van der Waals surface area contributed by atoms with Crippen LogP contribution in [-0.2, 0) is 7.05 Å². The van der Waals surface area contributed by atoms with Crippen molar-refractivity contribution in [3.8, 4) is 0 Å². The van der Waals surface area contributed by atoms with Crippen molar-refractivity contribution in [3.05, 3.63) is 53.3 Å². The first-order valence-corrected chi connectivity index (χ1v) is 8.65. The Morgan fingerprint density at radius 3 is 2.75 bits per heavy atom. The number of nitrogens with zero attached hydrogens (tertiary/aromatic N) is 3. The molecule has 2 unspecified atom stereocenters. The largest absolute Gasteiger partial charge is 0.347 e. The highest BCUT2D eigenvalue weighted by molar-refractivity contribution is 5.92. The Labute approximate surface area is 143 Å². The number of benzene rings is 1. The van der Waals surface area contributed by atoms with Crippen LogP contribution in [0.2, 0.25) is 0 Å². The van der Waals surface area contributed by atoms with Gasteiger partial charge in [0.05, 0.1) is 0 Å². The molecule has 0 saturated carbocycles. The van der Waals surface area contributed by atoms with E-state index >= 15 is 0 Å². The predicted molar refractivity (Wildman–Crippen MR) is 94.9 cm³/mol. The molecule has 1 aromatic carbocycles. The lowest BCUT2D eigenvalue weighted by molar-refractivity contribution is 0.0874. The Kier molecular flexibility index (Phi) is 5.00. The molecule has 1 N–H and O–H groups in total. The van der Waals surface area contributed by atoms with Crippen molar-refractivity contribution in [2.45, 2.75) is 38.8 Å². The minimum Gasteiger partial charge on any atom is -0.347 e. The molecular formula is C19H26N4O. The van der Waals surface area contributed by atoms with Crippen molar-refractivity contribution in [1.29, 1.82) is 0 Å². The zero-order valence-electron chi connectivity index (χ0n) is 14.7. The summed E-state index contributed by atoms with van der Waals surface area (Å²) in [7, 11) is 1.86. The Hall–Kier alpha value is -2.14. The number of piperidine rings is 1. The van der Waals surface area contributed by atoms with Crippen LogP contribution in [0.15, 0.2) is 36.4 Å². The molecular weight excluding hydrogens is 300 g/mol. The molecule has 2 heterocycles. The summed E-state index contributed by atoms with van der Waals surface area (Å²) < 4.78 is 1.74. The highest BCUT2D eigenvalue weighted by atomic mass is 16.2. The monoisotopic (exact) mass is 326 g/mol. The summed E-state index contributed by atoms with van der Waals surface area (Å²) >= 11 is 0. The van der Waals surface area contributed by atoms with Gasteiger partial charge in [0.1, 0.15) is 5.69 Å². The van der Waals surface area contributed by atoms with Crippen LogP contribution in [0.25, 0.3) is 0 Å². The number of aryl methyl sites for hydroxylation is 2. The maximum atomic E-state index is 12.4. The second-order valence-electron chi connectivity index (χ2n) is 6.69.